The Morgan fingerprint density at radius 2 is 2.14 bits per heavy atom. The number of rotatable bonds is 3. The summed E-state index contributed by atoms with van der Waals surface area (Å²) >= 11 is 6.08. The largest absolute Gasteiger partial charge is 0.508 e. The van der Waals surface area contributed by atoms with Crippen LogP contribution in [0.25, 0.3) is 0 Å². The minimum absolute atomic E-state index is 0.307. The van der Waals surface area contributed by atoms with Crippen molar-refractivity contribution < 1.29 is 5.11 Å². The lowest BCUT2D eigenvalue weighted by Gasteiger charge is -2.29. The van der Waals surface area contributed by atoms with Crippen LogP contribution in [0, 0.1) is 0 Å². The molecule has 22 heavy (non-hydrogen) atoms. The Hall–Kier alpha value is -1.52. The normalized spacial score (nSPS) is 20.0. The van der Waals surface area contributed by atoms with Crippen molar-refractivity contribution in [2.24, 2.45) is 7.05 Å². The highest BCUT2D eigenvalue weighted by Crippen LogP contribution is 2.32. The molecule has 0 radical (unpaired) electrons. The van der Waals surface area contributed by atoms with Gasteiger partial charge >= 0.3 is 0 Å². The van der Waals surface area contributed by atoms with Crippen molar-refractivity contribution >= 4 is 11.6 Å². The van der Waals surface area contributed by atoms with Gasteiger partial charge < -0.3 is 5.11 Å². The lowest BCUT2D eigenvalue weighted by atomic mass is 10.1. The summed E-state index contributed by atoms with van der Waals surface area (Å²) in [7, 11) is 1.95. The van der Waals surface area contributed by atoms with Crippen LogP contribution < -0.4 is 0 Å². The molecule has 4 nitrogen and oxygen atoms in total. The molecule has 0 spiro atoms. The fourth-order valence-electron chi connectivity index (χ4n) is 3.20. The van der Waals surface area contributed by atoms with Crippen LogP contribution in [0.5, 0.6) is 5.75 Å². The Kier molecular flexibility index (Phi) is 4.69. The van der Waals surface area contributed by atoms with E-state index in [1.54, 1.807) is 12.1 Å². The van der Waals surface area contributed by atoms with Crippen LogP contribution in [0.4, 0.5) is 0 Å². The Morgan fingerprint density at radius 3 is 2.91 bits per heavy atom. The van der Waals surface area contributed by atoms with Gasteiger partial charge in [0, 0.05) is 30.4 Å². The van der Waals surface area contributed by atoms with Crippen molar-refractivity contribution in [3.8, 4) is 5.75 Å². The lowest BCUT2D eigenvalue weighted by molar-refractivity contribution is 0.186. The number of halogens is 1. The van der Waals surface area contributed by atoms with E-state index in [-0.39, 0.29) is 0 Å². The molecular weight excluding hydrogens is 298 g/mol. The van der Waals surface area contributed by atoms with Gasteiger partial charge in [-0.15, -0.1) is 0 Å². The number of aryl methyl sites for hydroxylation is 1. The number of phenolic OH excluding ortho intramolecular Hbond substituents is 1. The van der Waals surface area contributed by atoms with Crippen molar-refractivity contribution in [3.05, 3.63) is 46.7 Å². The van der Waals surface area contributed by atoms with Gasteiger partial charge in [0.2, 0.25) is 0 Å². The summed E-state index contributed by atoms with van der Waals surface area (Å²) in [6.07, 6.45) is 6.76. The highest BCUT2D eigenvalue weighted by Gasteiger charge is 2.25. The van der Waals surface area contributed by atoms with E-state index >= 15 is 0 Å². The third-order valence-electron chi connectivity index (χ3n) is 4.35. The SMILES string of the molecule is Cn1ccc([C@H]2CCCCCN2Cc2cc(Cl)ccc2O)n1. The van der Waals surface area contributed by atoms with Crippen LogP contribution in [0.15, 0.2) is 30.5 Å². The van der Waals surface area contributed by atoms with Gasteiger partial charge in [0.15, 0.2) is 0 Å². The average molecular weight is 320 g/mol. The zero-order chi connectivity index (χ0) is 15.5. The first-order valence-electron chi connectivity index (χ1n) is 7.84. The van der Waals surface area contributed by atoms with E-state index in [4.69, 9.17) is 11.6 Å². The third kappa shape index (κ3) is 3.45. The first-order chi connectivity index (χ1) is 10.6. The van der Waals surface area contributed by atoms with Gasteiger partial charge in [-0.05, 0) is 43.7 Å². The van der Waals surface area contributed by atoms with Crippen LogP contribution in [0.3, 0.4) is 0 Å². The van der Waals surface area contributed by atoms with Crippen molar-refractivity contribution in [2.45, 2.75) is 38.3 Å². The first kappa shape index (κ1) is 15.4. The number of hydrogen-bond acceptors (Lipinski definition) is 3. The highest BCUT2D eigenvalue weighted by molar-refractivity contribution is 6.30. The topological polar surface area (TPSA) is 41.3 Å². The van der Waals surface area contributed by atoms with Crippen molar-refractivity contribution in [2.75, 3.05) is 6.54 Å². The Morgan fingerprint density at radius 1 is 1.27 bits per heavy atom. The number of nitrogens with zero attached hydrogens (tertiary/aromatic N) is 3. The van der Waals surface area contributed by atoms with E-state index in [1.165, 1.54) is 19.3 Å². The molecule has 0 bridgehead atoms. The maximum Gasteiger partial charge on any atom is 0.120 e. The summed E-state index contributed by atoms with van der Waals surface area (Å²) in [6.45, 7) is 1.72. The predicted molar refractivity (Wildman–Crippen MR) is 87.9 cm³/mol. The highest BCUT2D eigenvalue weighted by atomic mass is 35.5. The molecule has 1 aromatic carbocycles. The molecule has 1 saturated heterocycles. The molecule has 1 aliphatic heterocycles. The number of benzene rings is 1. The molecule has 0 amide bonds. The summed E-state index contributed by atoms with van der Waals surface area (Å²) in [5.74, 6) is 0.313. The van der Waals surface area contributed by atoms with Crippen LogP contribution in [0.2, 0.25) is 5.02 Å². The van der Waals surface area contributed by atoms with Gasteiger partial charge in [-0.2, -0.15) is 5.10 Å². The van der Waals surface area contributed by atoms with Crippen LogP contribution >= 0.6 is 11.6 Å². The van der Waals surface area contributed by atoms with Crippen molar-refractivity contribution in [1.82, 2.24) is 14.7 Å². The van der Waals surface area contributed by atoms with E-state index < -0.39 is 0 Å². The molecule has 1 aromatic heterocycles. The molecule has 2 aromatic rings. The number of likely N-dealkylation sites (tertiary alicyclic amines) is 1. The summed E-state index contributed by atoms with van der Waals surface area (Å²) in [6, 6.07) is 7.66. The zero-order valence-electron chi connectivity index (χ0n) is 12.9. The maximum atomic E-state index is 10.1. The molecule has 0 aliphatic carbocycles. The minimum Gasteiger partial charge on any atom is -0.508 e. The first-order valence-corrected chi connectivity index (χ1v) is 8.22. The number of phenols is 1. The predicted octanol–water partition coefficient (Wildman–Crippen LogP) is 3.90. The van der Waals surface area contributed by atoms with Crippen molar-refractivity contribution in [1.29, 1.82) is 0 Å². The van der Waals surface area contributed by atoms with Crippen LogP contribution in [-0.2, 0) is 13.6 Å². The van der Waals surface area contributed by atoms with E-state index in [0.29, 0.717) is 23.4 Å². The second-order valence-corrected chi connectivity index (χ2v) is 6.46. The molecule has 0 saturated carbocycles. The Balaban J connectivity index is 1.85. The summed E-state index contributed by atoms with van der Waals surface area (Å²) in [4.78, 5) is 2.42. The fraction of sp³-hybridized carbons (Fsp3) is 0.471. The van der Waals surface area contributed by atoms with Gasteiger partial charge in [0.05, 0.1) is 11.7 Å². The van der Waals surface area contributed by atoms with Gasteiger partial charge in [0.25, 0.3) is 0 Å². The van der Waals surface area contributed by atoms with Gasteiger partial charge in [-0.3, -0.25) is 9.58 Å². The molecule has 1 aliphatic rings. The van der Waals surface area contributed by atoms with Gasteiger partial charge in [-0.25, -0.2) is 0 Å². The lowest BCUT2D eigenvalue weighted by Crippen LogP contribution is -2.28. The van der Waals surface area contributed by atoms with E-state index in [1.807, 2.05) is 24.0 Å². The maximum absolute atomic E-state index is 10.1. The van der Waals surface area contributed by atoms with Crippen LogP contribution in [-0.4, -0.2) is 26.3 Å². The standard InChI is InChI=1S/C17H22ClN3O/c1-20-10-8-15(19-20)16-5-3-2-4-9-21(16)12-13-11-14(18)6-7-17(13)22/h6-8,10-11,16,22H,2-5,9,12H2,1H3/t16-/m1/s1. The molecule has 0 unspecified atom stereocenters. The number of aromatic hydroxyl groups is 1. The molecule has 118 valence electrons. The molecular formula is C17H22ClN3O. The fourth-order valence-corrected chi connectivity index (χ4v) is 3.40. The molecule has 1 N–H and O–H groups in total. The van der Waals surface area contributed by atoms with Gasteiger partial charge in [-0.1, -0.05) is 24.4 Å². The van der Waals surface area contributed by atoms with Gasteiger partial charge in [0.1, 0.15) is 5.75 Å². The second kappa shape index (κ2) is 6.71. The summed E-state index contributed by atoms with van der Waals surface area (Å²) in [5.41, 5.74) is 2.00. The Bertz CT molecular complexity index is 641. The van der Waals surface area contributed by atoms with Crippen molar-refractivity contribution in [3.63, 3.8) is 0 Å². The molecule has 3 rings (SSSR count). The second-order valence-electron chi connectivity index (χ2n) is 6.02. The van der Waals surface area contributed by atoms with Crippen LogP contribution in [0.1, 0.15) is 43.0 Å². The third-order valence-corrected chi connectivity index (χ3v) is 4.59. The van der Waals surface area contributed by atoms with E-state index in [0.717, 1.165) is 24.2 Å². The summed E-state index contributed by atoms with van der Waals surface area (Å²) < 4.78 is 1.86. The Labute approximate surface area is 136 Å². The zero-order valence-corrected chi connectivity index (χ0v) is 13.6. The van der Waals surface area contributed by atoms with E-state index in [2.05, 4.69) is 16.1 Å². The number of aromatic nitrogens is 2. The molecule has 2 heterocycles. The minimum atomic E-state index is 0.307. The average Bonchev–Trinajstić information content (AvgIpc) is 2.78. The van der Waals surface area contributed by atoms with E-state index in [9.17, 15) is 5.11 Å². The smallest absolute Gasteiger partial charge is 0.120 e. The molecule has 5 heteroatoms. The summed E-state index contributed by atoms with van der Waals surface area (Å²) in [5, 5.41) is 15.4. The quantitative estimate of drug-likeness (QED) is 0.933. The monoisotopic (exact) mass is 319 g/mol. The molecule has 1 atom stereocenters. The molecule has 1 fully saturated rings. The number of hydrogen-bond donors (Lipinski definition) is 1.